The summed E-state index contributed by atoms with van der Waals surface area (Å²) < 4.78 is 19.5. The second-order valence-corrected chi connectivity index (χ2v) is 5.41. The van der Waals surface area contributed by atoms with E-state index in [9.17, 15) is 4.39 Å². The minimum Gasteiger partial charge on any atom is -0.455 e. The predicted octanol–water partition coefficient (Wildman–Crippen LogP) is 4.89. The number of benzene rings is 2. The molecule has 2 rings (SSSR count). The Balaban J connectivity index is 2.48. The summed E-state index contributed by atoms with van der Waals surface area (Å²) in [6, 6.07) is 6.83. The molecule has 0 radical (unpaired) electrons. The maximum absolute atomic E-state index is 13.3. The average Bonchev–Trinajstić information content (AvgIpc) is 2.36. The van der Waals surface area contributed by atoms with E-state index in [2.05, 4.69) is 15.9 Å². The lowest BCUT2D eigenvalue weighted by molar-refractivity contribution is 0.474. The fourth-order valence-corrected chi connectivity index (χ4v) is 2.15. The number of halogens is 2. The first-order valence-electron chi connectivity index (χ1n) is 5.89. The number of nitrogens with two attached hydrogens (primary N) is 1. The van der Waals surface area contributed by atoms with Crippen molar-refractivity contribution in [3.63, 3.8) is 0 Å². The highest BCUT2D eigenvalue weighted by molar-refractivity contribution is 9.10. The van der Waals surface area contributed by atoms with Gasteiger partial charge in [0.15, 0.2) is 5.75 Å². The van der Waals surface area contributed by atoms with E-state index in [-0.39, 0.29) is 5.69 Å². The molecule has 0 saturated heterocycles. The SMILES string of the molecule is Cc1ccc(C)c(Oc2cc(Br)c(F)cc2N)c1C. The minimum atomic E-state index is -0.400. The summed E-state index contributed by atoms with van der Waals surface area (Å²) in [6.07, 6.45) is 0. The molecule has 0 amide bonds. The molecule has 0 atom stereocenters. The van der Waals surface area contributed by atoms with Crippen LogP contribution in [0.15, 0.2) is 28.7 Å². The molecule has 100 valence electrons. The number of ether oxygens (including phenoxy) is 1. The van der Waals surface area contributed by atoms with Crippen molar-refractivity contribution in [2.45, 2.75) is 20.8 Å². The molecule has 19 heavy (non-hydrogen) atoms. The highest BCUT2D eigenvalue weighted by atomic mass is 79.9. The molecule has 0 saturated carbocycles. The molecule has 0 aliphatic carbocycles. The number of anilines is 1. The van der Waals surface area contributed by atoms with E-state index in [0.29, 0.717) is 10.2 Å². The van der Waals surface area contributed by atoms with Crippen LogP contribution in [0.2, 0.25) is 0 Å². The lowest BCUT2D eigenvalue weighted by Crippen LogP contribution is -1.97. The monoisotopic (exact) mass is 323 g/mol. The van der Waals surface area contributed by atoms with Gasteiger partial charge < -0.3 is 10.5 Å². The van der Waals surface area contributed by atoms with Crippen molar-refractivity contribution in [1.82, 2.24) is 0 Å². The Kier molecular flexibility index (Phi) is 3.80. The molecule has 0 bridgehead atoms. The highest BCUT2D eigenvalue weighted by Crippen LogP contribution is 2.36. The van der Waals surface area contributed by atoms with Crippen molar-refractivity contribution in [3.8, 4) is 11.5 Å². The van der Waals surface area contributed by atoms with Crippen molar-refractivity contribution in [3.05, 3.63) is 51.2 Å². The molecule has 0 spiro atoms. The van der Waals surface area contributed by atoms with E-state index in [1.54, 1.807) is 6.07 Å². The van der Waals surface area contributed by atoms with Gasteiger partial charge in [-0.05, 0) is 53.4 Å². The molecule has 2 N–H and O–H groups in total. The summed E-state index contributed by atoms with van der Waals surface area (Å²) >= 11 is 3.13. The molecule has 4 heteroatoms. The number of hydrogen-bond donors (Lipinski definition) is 1. The van der Waals surface area contributed by atoms with Crippen LogP contribution in [0, 0.1) is 26.6 Å². The summed E-state index contributed by atoms with van der Waals surface area (Å²) in [6.45, 7) is 5.98. The number of rotatable bonds is 2. The van der Waals surface area contributed by atoms with Crippen LogP contribution in [-0.2, 0) is 0 Å². The van der Waals surface area contributed by atoms with Gasteiger partial charge in [0, 0.05) is 12.1 Å². The van der Waals surface area contributed by atoms with Crippen molar-refractivity contribution in [1.29, 1.82) is 0 Å². The first kappa shape index (κ1) is 13.9. The molecule has 0 aromatic heterocycles. The van der Waals surface area contributed by atoms with Crippen LogP contribution in [0.4, 0.5) is 10.1 Å². The van der Waals surface area contributed by atoms with E-state index in [1.807, 2.05) is 32.9 Å². The molecule has 0 fully saturated rings. The standard InChI is InChI=1S/C15H15BrFNO/c1-8-4-5-9(2)15(10(8)3)19-14-6-11(16)12(17)7-13(14)18/h4-7H,18H2,1-3H3. The second kappa shape index (κ2) is 5.21. The minimum absolute atomic E-state index is 0.279. The Morgan fingerprint density at radius 2 is 1.74 bits per heavy atom. The highest BCUT2D eigenvalue weighted by Gasteiger charge is 2.12. The zero-order valence-electron chi connectivity index (χ0n) is 11.1. The molecule has 0 heterocycles. The Labute approximate surface area is 120 Å². The lowest BCUT2D eigenvalue weighted by atomic mass is 10.1. The molecule has 2 nitrogen and oxygen atoms in total. The van der Waals surface area contributed by atoms with E-state index in [0.717, 1.165) is 22.4 Å². The predicted molar refractivity (Wildman–Crippen MR) is 79.2 cm³/mol. The van der Waals surface area contributed by atoms with Crippen molar-refractivity contribution in [2.24, 2.45) is 0 Å². The number of aryl methyl sites for hydroxylation is 2. The number of hydrogen-bond acceptors (Lipinski definition) is 2. The third-order valence-corrected chi connectivity index (χ3v) is 3.75. The topological polar surface area (TPSA) is 35.2 Å². The van der Waals surface area contributed by atoms with Crippen molar-refractivity contribution < 1.29 is 9.13 Å². The first-order chi connectivity index (χ1) is 8.90. The van der Waals surface area contributed by atoms with Gasteiger partial charge in [0.05, 0.1) is 10.2 Å². The lowest BCUT2D eigenvalue weighted by Gasteiger charge is -2.15. The van der Waals surface area contributed by atoms with Crippen LogP contribution < -0.4 is 10.5 Å². The van der Waals surface area contributed by atoms with Crippen LogP contribution in [0.5, 0.6) is 11.5 Å². The largest absolute Gasteiger partial charge is 0.455 e. The van der Waals surface area contributed by atoms with Crippen molar-refractivity contribution in [2.75, 3.05) is 5.73 Å². The molecular formula is C15H15BrFNO. The molecule has 2 aromatic rings. The van der Waals surface area contributed by atoms with Gasteiger partial charge in [-0.1, -0.05) is 12.1 Å². The van der Waals surface area contributed by atoms with Crippen LogP contribution in [0.25, 0.3) is 0 Å². The second-order valence-electron chi connectivity index (χ2n) is 4.56. The molecule has 0 aliphatic heterocycles. The fraction of sp³-hybridized carbons (Fsp3) is 0.200. The van der Waals surface area contributed by atoms with Gasteiger partial charge >= 0.3 is 0 Å². The van der Waals surface area contributed by atoms with Gasteiger partial charge in [-0.15, -0.1) is 0 Å². The molecule has 0 aliphatic rings. The number of nitrogen functional groups attached to an aromatic ring is 1. The smallest absolute Gasteiger partial charge is 0.151 e. The zero-order valence-corrected chi connectivity index (χ0v) is 12.6. The summed E-state index contributed by atoms with van der Waals surface area (Å²) in [5.41, 5.74) is 9.28. The summed E-state index contributed by atoms with van der Waals surface area (Å²) in [5, 5.41) is 0. The van der Waals surface area contributed by atoms with Crippen LogP contribution >= 0.6 is 15.9 Å². The summed E-state index contributed by atoms with van der Waals surface area (Å²) in [5.74, 6) is 0.817. The average molecular weight is 324 g/mol. The maximum atomic E-state index is 13.3. The van der Waals surface area contributed by atoms with Gasteiger partial charge in [0.25, 0.3) is 0 Å². The van der Waals surface area contributed by atoms with Crippen LogP contribution in [-0.4, -0.2) is 0 Å². The van der Waals surface area contributed by atoms with E-state index >= 15 is 0 Å². The Morgan fingerprint density at radius 1 is 1.11 bits per heavy atom. The molecule has 2 aromatic carbocycles. The van der Waals surface area contributed by atoms with Crippen molar-refractivity contribution >= 4 is 21.6 Å². The fourth-order valence-electron chi connectivity index (χ4n) is 1.82. The first-order valence-corrected chi connectivity index (χ1v) is 6.68. The van der Waals surface area contributed by atoms with E-state index in [1.165, 1.54) is 6.07 Å². The maximum Gasteiger partial charge on any atom is 0.151 e. The van der Waals surface area contributed by atoms with E-state index in [4.69, 9.17) is 10.5 Å². The summed E-state index contributed by atoms with van der Waals surface area (Å²) in [4.78, 5) is 0. The van der Waals surface area contributed by atoms with Gasteiger partial charge in [0.2, 0.25) is 0 Å². The van der Waals surface area contributed by atoms with Gasteiger partial charge in [0.1, 0.15) is 11.6 Å². The van der Waals surface area contributed by atoms with Gasteiger partial charge in [-0.2, -0.15) is 0 Å². The normalized spacial score (nSPS) is 10.6. The van der Waals surface area contributed by atoms with Gasteiger partial charge in [-0.25, -0.2) is 4.39 Å². The quantitative estimate of drug-likeness (QED) is 0.799. The molecule has 0 unspecified atom stereocenters. The molecular weight excluding hydrogens is 309 g/mol. The Morgan fingerprint density at radius 3 is 2.42 bits per heavy atom. The Bertz CT molecular complexity index is 641. The zero-order chi connectivity index (χ0) is 14.2. The van der Waals surface area contributed by atoms with Crippen LogP contribution in [0.3, 0.4) is 0 Å². The van der Waals surface area contributed by atoms with Crippen LogP contribution in [0.1, 0.15) is 16.7 Å². The summed E-state index contributed by atoms with van der Waals surface area (Å²) in [7, 11) is 0. The third-order valence-electron chi connectivity index (χ3n) is 3.14. The van der Waals surface area contributed by atoms with E-state index < -0.39 is 5.82 Å². The third kappa shape index (κ3) is 2.73. The van der Waals surface area contributed by atoms with Gasteiger partial charge in [-0.3, -0.25) is 0 Å². The Hall–Kier alpha value is -1.55.